The molecule has 0 unspecified atom stereocenters. The maximum absolute atomic E-state index is 14.1. The number of fused-ring (bicyclic) bond motifs is 1. The molecule has 3 aromatic carbocycles. The molecular formula is C28H24F2N4O. The fraction of sp³-hybridized carbons (Fsp3) is 0.143. The minimum Gasteiger partial charge on any atom is -0.360 e. The maximum Gasteiger partial charge on any atom is 0.186 e. The van der Waals surface area contributed by atoms with Gasteiger partial charge in [0.25, 0.3) is 0 Å². The molecule has 0 saturated carbocycles. The summed E-state index contributed by atoms with van der Waals surface area (Å²) in [6.45, 7) is 0.349. The normalized spacial score (nSPS) is 12.2. The quantitative estimate of drug-likeness (QED) is 0.290. The lowest BCUT2D eigenvalue weighted by atomic mass is 9.96. The molecule has 0 fully saturated rings. The molecule has 176 valence electrons. The summed E-state index contributed by atoms with van der Waals surface area (Å²) in [5, 5.41) is 8.34. The highest BCUT2D eigenvalue weighted by atomic mass is 19.1. The summed E-state index contributed by atoms with van der Waals surface area (Å²) in [4.78, 5) is 16.9. The number of H-pyrrole nitrogens is 1. The summed E-state index contributed by atoms with van der Waals surface area (Å²) < 4.78 is 29.0. The third-order valence-electron chi connectivity index (χ3n) is 6.14. The molecule has 35 heavy (non-hydrogen) atoms. The second-order valence-corrected chi connectivity index (χ2v) is 8.51. The van der Waals surface area contributed by atoms with Crippen molar-refractivity contribution in [2.24, 2.45) is 7.05 Å². The van der Waals surface area contributed by atoms with E-state index in [0.29, 0.717) is 24.1 Å². The fourth-order valence-corrected chi connectivity index (χ4v) is 4.32. The molecule has 0 spiro atoms. The van der Waals surface area contributed by atoms with Crippen molar-refractivity contribution >= 4 is 16.7 Å². The molecule has 0 aliphatic rings. The number of aromatic amines is 1. The van der Waals surface area contributed by atoms with E-state index in [0.717, 1.165) is 33.7 Å². The number of halogens is 2. The van der Waals surface area contributed by atoms with Crippen molar-refractivity contribution in [1.29, 1.82) is 0 Å². The summed E-state index contributed by atoms with van der Waals surface area (Å²) in [5.41, 5.74) is 4.65. The second-order valence-electron chi connectivity index (χ2n) is 8.51. The van der Waals surface area contributed by atoms with E-state index in [1.54, 1.807) is 17.1 Å². The molecule has 0 aliphatic carbocycles. The predicted molar refractivity (Wildman–Crippen MR) is 132 cm³/mol. The predicted octanol–water partition coefficient (Wildman–Crippen LogP) is 5.60. The van der Waals surface area contributed by atoms with Gasteiger partial charge in [0, 0.05) is 54.1 Å². The summed E-state index contributed by atoms with van der Waals surface area (Å²) in [6.07, 6.45) is 5.80. The maximum atomic E-state index is 14.1. The number of carbonyl (C=O) groups is 1. The highest BCUT2D eigenvalue weighted by Crippen LogP contribution is 2.29. The lowest BCUT2D eigenvalue weighted by Gasteiger charge is -2.18. The van der Waals surface area contributed by atoms with Crippen LogP contribution in [-0.2, 0) is 13.5 Å². The first-order valence-electron chi connectivity index (χ1n) is 11.4. The van der Waals surface area contributed by atoms with Gasteiger partial charge in [0.2, 0.25) is 0 Å². The molecule has 5 rings (SSSR count). The number of hydrogen-bond acceptors (Lipinski definition) is 3. The van der Waals surface area contributed by atoms with Gasteiger partial charge in [0.1, 0.15) is 11.6 Å². The van der Waals surface area contributed by atoms with E-state index in [1.165, 1.54) is 12.1 Å². The van der Waals surface area contributed by atoms with Crippen molar-refractivity contribution in [1.82, 2.24) is 20.1 Å². The number of aryl methyl sites for hydroxylation is 1. The van der Waals surface area contributed by atoms with E-state index < -0.39 is 17.7 Å². The van der Waals surface area contributed by atoms with Crippen LogP contribution in [0.25, 0.3) is 22.0 Å². The standard InChI is InChI=1S/C28H24F2N4O/c1-34-17-21(15-33-34)20-8-10-23-24(16-32-26(23)13-20)28(35)27(19-5-3-2-4-6-19)31-12-11-18-7-9-22(29)14-25(18)30/h2-10,13-17,27,31-32H,11-12H2,1H3/t27-/m1/s1. The van der Waals surface area contributed by atoms with Gasteiger partial charge in [-0.05, 0) is 35.2 Å². The van der Waals surface area contributed by atoms with Crippen LogP contribution >= 0.6 is 0 Å². The molecule has 0 amide bonds. The molecule has 1 atom stereocenters. The Labute approximate surface area is 201 Å². The smallest absolute Gasteiger partial charge is 0.186 e. The Morgan fingerprint density at radius 3 is 2.63 bits per heavy atom. The van der Waals surface area contributed by atoms with Crippen LogP contribution in [-0.4, -0.2) is 27.1 Å². The summed E-state index contributed by atoms with van der Waals surface area (Å²) in [7, 11) is 1.87. The number of ketones is 1. The molecule has 0 aliphatic heterocycles. The summed E-state index contributed by atoms with van der Waals surface area (Å²) in [5.74, 6) is -1.28. The Morgan fingerprint density at radius 2 is 1.89 bits per heavy atom. The van der Waals surface area contributed by atoms with Crippen LogP contribution in [0.4, 0.5) is 8.78 Å². The largest absolute Gasteiger partial charge is 0.360 e. The van der Waals surface area contributed by atoms with Gasteiger partial charge in [0.05, 0.1) is 12.2 Å². The number of Topliss-reactive ketones (excluding diaryl/α,β-unsaturated/α-hetero) is 1. The van der Waals surface area contributed by atoms with Crippen molar-refractivity contribution in [2.75, 3.05) is 6.54 Å². The first-order valence-corrected chi connectivity index (χ1v) is 11.4. The molecule has 5 nitrogen and oxygen atoms in total. The van der Waals surface area contributed by atoms with Crippen LogP contribution in [0.3, 0.4) is 0 Å². The van der Waals surface area contributed by atoms with E-state index in [-0.39, 0.29) is 5.78 Å². The number of aromatic nitrogens is 3. The number of rotatable bonds is 8. The number of benzene rings is 3. The van der Waals surface area contributed by atoms with Crippen LogP contribution in [0.5, 0.6) is 0 Å². The molecule has 2 N–H and O–H groups in total. The summed E-state index contributed by atoms with van der Waals surface area (Å²) in [6, 6.07) is 18.3. The lowest BCUT2D eigenvalue weighted by Crippen LogP contribution is -2.30. The lowest BCUT2D eigenvalue weighted by molar-refractivity contribution is 0.0945. The van der Waals surface area contributed by atoms with Crippen LogP contribution in [0, 0.1) is 11.6 Å². The Kier molecular flexibility index (Phi) is 6.25. The molecule has 0 radical (unpaired) electrons. The zero-order valence-corrected chi connectivity index (χ0v) is 19.1. The van der Waals surface area contributed by atoms with Gasteiger partial charge in [0.15, 0.2) is 5.78 Å². The minimum absolute atomic E-state index is 0.0869. The third kappa shape index (κ3) is 4.76. The molecule has 5 aromatic rings. The Hall–Kier alpha value is -4.10. The fourth-order valence-electron chi connectivity index (χ4n) is 4.32. The van der Waals surface area contributed by atoms with Crippen molar-refractivity contribution in [3.05, 3.63) is 114 Å². The number of nitrogens with one attached hydrogen (secondary N) is 2. The third-order valence-corrected chi connectivity index (χ3v) is 6.14. The van der Waals surface area contributed by atoms with Gasteiger partial charge < -0.3 is 10.3 Å². The number of nitrogens with zero attached hydrogens (tertiary/aromatic N) is 2. The first-order chi connectivity index (χ1) is 17.0. The van der Waals surface area contributed by atoms with Gasteiger partial charge in [-0.3, -0.25) is 9.48 Å². The van der Waals surface area contributed by atoms with Gasteiger partial charge in [-0.15, -0.1) is 0 Å². The van der Waals surface area contributed by atoms with Gasteiger partial charge in [-0.1, -0.05) is 48.5 Å². The SMILES string of the molecule is Cn1cc(-c2ccc3c(C(=O)[C@H](NCCc4ccc(F)cc4F)c4ccccc4)c[nH]c3c2)cn1. The van der Waals surface area contributed by atoms with Crippen molar-refractivity contribution in [2.45, 2.75) is 12.5 Å². The molecule has 7 heteroatoms. The second kappa shape index (κ2) is 9.64. The first kappa shape index (κ1) is 22.7. The van der Waals surface area contributed by atoms with E-state index in [2.05, 4.69) is 15.4 Å². The van der Waals surface area contributed by atoms with Crippen LogP contribution < -0.4 is 5.32 Å². The Morgan fingerprint density at radius 1 is 1.06 bits per heavy atom. The van der Waals surface area contributed by atoms with E-state index >= 15 is 0 Å². The molecule has 0 bridgehead atoms. The zero-order valence-electron chi connectivity index (χ0n) is 19.1. The van der Waals surface area contributed by atoms with Gasteiger partial charge in [-0.25, -0.2) is 8.78 Å². The molecular weight excluding hydrogens is 446 g/mol. The average molecular weight is 471 g/mol. The highest BCUT2D eigenvalue weighted by molar-refractivity contribution is 6.11. The van der Waals surface area contributed by atoms with Crippen LogP contribution in [0.2, 0.25) is 0 Å². The Bertz CT molecular complexity index is 1490. The van der Waals surface area contributed by atoms with Crippen LogP contribution in [0.1, 0.15) is 27.5 Å². The van der Waals surface area contributed by atoms with Crippen molar-refractivity contribution in [3.63, 3.8) is 0 Å². The van der Waals surface area contributed by atoms with Gasteiger partial charge in [-0.2, -0.15) is 5.10 Å². The molecule has 2 heterocycles. The summed E-state index contributed by atoms with van der Waals surface area (Å²) >= 11 is 0. The minimum atomic E-state index is -0.614. The van der Waals surface area contributed by atoms with E-state index in [1.807, 2.05) is 61.8 Å². The van der Waals surface area contributed by atoms with E-state index in [9.17, 15) is 13.6 Å². The van der Waals surface area contributed by atoms with Gasteiger partial charge >= 0.3 is 0 Å². The van der Waals surface area contributed by atoms with Crippen LogP contribution in [0.15, 0.2) is 85.3 Å². The highest BCUT2D eigenvalue weighted by Gasteiger charge is 2.24. The zero-order chi connectivity index (χ0) is 24.4. The van der Waals surface area contributed by atoms with E-state index in [4.69, 9.17) is 0 Å². The van der Waals surface area contributed by atoms with Crippen molar-refractivity contribution in [3.8, 4) is 11.1 Å². The number of hydrogen-bond donors (Lipinski definition) is 2. The average Bonchev–Trinajstić information content (AvgIpc) is 3.49. The topological polar surface area (TPSA) is 62.7 Å². The number of carbonyl (C=O) groups excluding carboxylic acids is 1. The monoisotopic (exact) mass is 470 g/mol. The molecule has 2 aromatic heterocycles. The Balaban J connectivity index is 1.41. The molecule has 0 saturated heterocycles. The van der Waals surface area contributed by atoms with Crippen molar-refractivity contribution < 1.29 is 13.6 Å².